The van der Waals surface area contributed by atoms with Crippen molar-refractivity contribution in [3.8, 4) is 0 Å². The van der Waals surface area contributed by atoms with E-state index in [0.29, 0.717) is 5.56 Å². The average molecular weight is 216 g/mol. The zero-order chi connectivity index (χ0) is 10.6. The van der Waals surface area contributed by atoms with Gasteiger partial charge in [-0.3, -0.25) is 4.79 Å². The number of carbonyl (C=O) groups excluding carboxylic acids is 1. The van der Waals surface area contributed by atoms with Crippen LogP contribution < -0.4 is 5.32 Å². The van der Waals surface area contributed by atoms with E-state index < -0.39 is 0 Å². The quantitative estimate of drug-likeness (QED) is 0.768. The van der Waals surface area contributed by atoms with Crippen LogP contribution in [0.3, 0.4) is 0 Å². The number of nitrogens with one attached hydrogen (secondary N) is 1. The van der Waals surface area contributed by atoms with Crippen LogP contribution >= 0.6 is 11.6 Å². The summed E-state index contributed by atoms with van der Waals surface area (Å²) in [5.41, 5.74) is 1.32. The summed E-state index contributed by atoms with van der Waals surface area (Å²) >= 11 is 5.29. The van der Waals surface area contributed by atoms with Gasteiger partial charge in [0.2, 0.25) is 5.91 Å². The Hall–Kier alpha value is -1.09. The third kappa shape index (κ3) is 2.70. The molecule has 0 aromatic heterocycles. The van der Waals surface area contributed by atoms with Crippen molar-refractivity contribution >= 4 is 17.5 Å². The predicted molar refractivity (Wildman–Crippen MR) is 53.7 cm³/mol. The van der Waals surface area contributed by atoms with Crippen LogP contribution in [0.1, 0.15) is 11.1 Å². The maximum absolute atomic E-state index is 13.2. The monoisotopic (exact) mass is 215 g/mol. The predicted octanol–water partition coefficient (Wildman–Crippen LogP) is 1.99. The van der Waals surface area contributed by atoms with E-state index in [1.54, 1.807) is 19.1 Å². The molecule has 0 saturated carbocycles. The highest BCUT2D eigenvalue weighted by atomic mass is 35.5. The van der Waals surface area contributed by atoms with Crippen molar-refractivity contribution in [2.24, 2.45) is 0 Å². The molecule has 4 heteroatoms. The molecule has 0 aliphatic rings. The van der Waals surface area contributed by atoms with Gasteiger partial charge in [-0.25, -0.2) is 4.39 Å². The highest BCUT2D eigenvalue weighted by molar-refractivity contribution is 6.27. The minimum absolute atomic E-state index is 0.104. The normalized spacial score (nSPS) is 9.93. The molecule has 76 valence electrons. The minimum atomic E-state index is -0.306. The summed E-state index contributed by atoms with van der Waals surface area (Å²) in [6, 6.07) is 4.80. The summed E-state index contributed by atoms with van der Waals surface area (Å²) in [5, 5.41) is 2.52. The van der Waals surface area contributed by atoms with Gasteiger partial charge >= 0.3 is 0 Å². The molecule has 0 fully saturated rings. The average Bonchev–Trinajstić information content (AvgIpc) is 2.16. The van der Waals surface area contributed by atoms with Crippen LogP contribution in [-0.4, -0.2) is 11.8 Å². The molecule has 0 bridgehead atoms. The standard InChI is InChI=1S/C10H11ClFNO/c1-7-3-2-4-9(12)8(7)6-13-10(14)5-11/h2-4H,5-6H2,1H3,(H,13,14). The number of hydrogen-bond acceptors (Lipinski definition) is 1. The molecule has 1 aromatic rings. The van der Waals surface area contributed by atoms with E-state index in [2.05, 4.69) is 5.32 Å². The highest BCUT2D eigenvalue weighted by Gasteiger charge is 2.06. The van der Waals surface area contributed by atoms with E-state index in [1.807, 2.05) is 0 Å². The molecule has 0 aliphatic carbocycles. The Kier molecular flexibility index (Phi) is 3.89. The molecular formula is C10H11ClFNO. The molecule has 0 radical (unpaired) electrons. The van der Waals surface area contributed by atoms with Crippen molar-refractivity contribution in [3.05, 3.63) is 35.1 Å². The fourth-order valence-electron chi connectivity index (χ4n) is 1.12. The summed E-state index contributed by atoms with van der Waals surface area (Å²) in [7, 11) is 0. The molecule has 0 unspecified atom stereocenters. The zero-order valence-corrected chi connectivity index (χ0v) is 8.57. The van der Waals surface area contributed by atoms with Gasteiger partial charge in [-0.1, -0.05) is 12.1 Å². The van der Waals surface area contributed by atoms with Gasteiger partial charge in [0.15, 0.2) is 0 Å². The van der Waals surface area contributed by atoms with Gasteiger partial charge in [-0.2, -0.15) is 0 Å². The van der Waals surface area contributed by atoms with Gasteiger partial charge in [0.05, 0.1) is 0 Å². The topological polar surface area (TPSA) is 29.1 Å². The third-order valence-electron chi connectivity index (χ3n) is 1.94. The largest absolute Gasteiger partial charge is 0.351 e. The summed E-state index contributed by atoms with van der Waals surface area (Å²) < 4.78 is 13.2. The van der Waals surface area contributed by atoms with Crippen molar-refractivity contribution in [1.29, 1.82) is 0 Å². The molecule has 2 nitrogen and oxygen atoms in total. The lowest BCUT2D eigenvalue weighted by molar-refractivity contribution is -0.118. The van der Waals surface area contributed by atoms with E-state index >= 15 is 0 Å². The number of benzene rings is 1. The second-order valence-corrected chi connectivity index (χ2v) is 3.21. The van der Waals surface area contributed by atoms with E-state index in [9.17, 15) is 9.18 Å². The van der Waals surface area contributed by atoms with Crippen LogP contribution in [0.25, 0.3) is 0 Å². The van der Waals surface area contributed by atoms with Crippen LogP contribution in [0.5, 0.6) is 0 Å². The molecular weight excluding hydrogens is 205 g/mol. The fraction of sp³-hybridized carbons (Fsp3) is 0.300. The lowest BCUT2D eigenvalue weighted by atomic mass is 10.1. The molecule has 0 saturated heterocycles. The SMILES string of the molecule is Cc1cccc(F)c1CNC(=O)CCl. The van der Waals surface area contributed by atoms with Crippen LogP contribution in [0, 0.1) is 12.7 Å². The van der Waals surface area contributed by atoms with Crippen LogP contribution in [0.15, 0.2) is 18.2 Å². The number of carbonyl (C=O) groups is 1. The second-order valence-electron chi connectivity index (χ2n) is 2.95. The lowest BCUT2D eigenvalue weighted by Crippen LogP contribution is -2.24. The number of rotatable bonds is 3. The Labute approximate surface area is 87.1 Å². The van der Waals surface area contributed by atoms with Gasteiger partial charge < -0.3 is 5.32 Å². The molecule has 0 aliphatic heterocycles. The maximum Gasteiger partial charge on any atom is 0.235 e. The van der Waals surface area contributed by atoms with Crippen molar-refractivity contribution in [3.63, 3.8) is 0 Å². The molecule has 0 atom stereocenters. The molecule has 14 heavy (non-hydrogen) atoms. The first-order valence-corrected chi connectivity index (χ1v) is 4.75. The molecule has 1 N–H and O–H groups in total. The minimum Gasteiger partial charge on any atom is -0.351 e. The summed E-state index contributed by atoms with van der Waals surface area (Å²) in [5.74, 6) is -0.706. The lowest BCUT2D eigenvalue weighted by Gasteiger charge is -2.07. The van der Waals surface area contributed by atoms with Gasteiger partial charge in [0.25, 0.3) is 0 Å². The van der Waals surface area contributed by atoms with Gasteiger partial charge in [-0.05, 0) is 18.6 Å². The first-order valence-electron chi connectivity index (χ1n) is 4.22. The van der Waals surface area contributed by atoms with Gasteiger partial charge in [0.1, 0.15) is 11.7 Å². The Morgan fingerprint density at radius 1 is 1.57 bits per heavy atom. The second kappa shape index (κ2) is 4.96. The Balaban J connectivity index is 2.71. The number of aryl methyl sites for hydroxylation is 1. The van der Waals surface area contributed by atoms with Crippen molar-refractivity contribution in [2.75, 3.05) is 5.88 Å². The number of halogens is 2. The molecule has 0 spiro atoms. The molecule has 0 heterocycles. The zero-order valence-electron chi connectivity index (χ0n) is 7.81. The van der Waals surface area contributed by atoms with E-state index in [0.717, 1.165) is 5.56 Å². The van der Waals surface area contributed by atoms with E-state index in [4.69, 9.17) is 11.6 Å². The van der Waals surface area contributed by atoms with Crippen LogP contribution in [0.2, 0.25) is 0 Å². The number of hydrogen-bond donors (Lipinski definition) is 1. The van der Waals surface area contributed by atoms with E-state index in [1.165, 1.54) is 6.07 Å². The Morgan fingerprint density at radius 2 is 2.29 bits per heavy atom. The Bertz CT molecular complexity index is 321. The van der Waals surface area contributed by atoms with E-state index in [-0.39, 0.29) is 24.1 Å². The molecule has 1 amide bonds. The first-order chi connectivity index (χ1) is 6.65. The van der Waals surface area contributed by atoms with Gasteiger partial charge in [-0.15, -0.1) is 11.6 Å². The van der Waals surface area contributed by atoms with Crippen molar-refractivity contribution < 1.29 is 9.18 Å². The number of amides is 1. The van der Waals surface area contributed by atoms with Crippen LogP contribution in [-0.2, 0) is 11.3 Å². The molecule has 1 rings (SSSR count). The smallest absolute Gasteiger partial charge is 0.235 e. The summed E-state index contributed by atoms with van der Waals surface area (Å²) in [6.07, 6.45) is 0. The summed E-state index contributed by atoms with van der Waals surface area (Å²) in [4.78, 5) is 10.8. The number of alkyl halides is 1. The van der Waals surface area contributed by atoms with Gasteiger partial charge in [0, 0.05) is 12.1 Å². The summed E-state index contributed by atoms with van der Waals surface area (Å²) in [6.45, 7) is 1.98. The Morgan fingerprint density at radius 3 is 2.86 bits per heavy atom. The van der Waals surface area contributed by atoms with Crippen molar-refractivity contribution in [1.82, 2.24) is 5.32 Å². The fourth-order valence-corrected chi connectivity index (χ4v) is 1.22. The highest BCUT2D eigenvalue weighted by Crippen LogP contribution is 2.11. The molecule has 1 aromatic carbocycles. The van der Waals surface area contributed by atoms with Crippen LogP contribution in [0.4, 0.5) is 4.39 Å². The third-order valence-corrected chi connectivity index (χ3v) is 2.18. The first kappa shape index (κ1) is 11.0. The maximum atomic E-state index is 13.2. The van der Waals surface area contributed by atoms with Crippen molar-refractivity contribution in [2.45, 2.75) is 13.5 Å².